The van der Waals surface area contributed by atoms with Crippen molar-refractivity contribution in [2.24, 2.45) is 11.8 Å². The predicted octanol–water partition coefficient (Wildman–Crippen LogP) is 1.54. The van der Waals surface area contributed by atoms with Gasteiger partial charge < -0.3 is 15.3 Å². The molecule has 0 spiro atoms. The number of hydrogen-bond acceptors (Lipinski definition) is 2. The summed E-state index contributed by atoms with van der Waals surface area (Å²) in [4.78, 5) is 24.3. The molecular weight excluding hydrogens is 220 g/mol. The highest BCUT2D eigenvalue weighted by molar-refractivity contribution is 5.76. The fraction of sp³-hybridized carbons (Fsp3) is 0.833. The first-order valence-electron chi connectivity index (χ1n) is 6.20. The molecule has 0 aromatic carbocycles. The Labute approximate surface area is 102 Å². The molecule has 1 saturated carbocycles. The number of nitrogens with zero attached hydrogens (tertiary/aromatic N) is 1. The number of nitrogens with one attached hydrogen (secondary N) is 1. The quantitative estimate of drug-likeness (QED) is 0.742. The molecule has 0 radical (unpaired) electrons. The third kappa shape index (κ3) is 3.91. The van der Waals surface area contributed by atoms with Gasteiger partial charge in [-0.05, 0) is 32.1 Å². The van der Waals surface area contributed by atoms with Gasteiger partial charge in [-0.2, -0.15) is 0 Å². The van der Waals surface area contributed by atoms with Gasteiger partial charge in [-0.25, -0.2) is 4.79 Å². The lowest BCUT2D eigenvalue weighted by Crippen LogP contribution is -2.45. The number of aliphatic carboxylic acids is 1. The number of carbonyl (C=O) groups is 2. The lowest BCUT2D eigenvalue weighted by atomic mass is 10.1. The van der Waals surface area contributed by atoms with Crippen LogP contribution in [0.2, 0.25) is 0 Å². The first-order chi connectivity index (χ1) is 7.97. The molecule has 2 unspecified atom stereocenters. The normalized spacial score (nSPS) is 18.3. The highest BCUT2D eigenvalue weighted by atomic mass is 16.4. The second-order valence-corrected chi connectivity index (χ2v) is 4.82. The molecule has 1 rings (SSSR count). The van der Waals surface area contributed by atoms with Gasteiger partial charge in [0.2, 0.25) is 0 Å². The summed E-state index contributed by atoms with van der Waals surface area (Å²) in [5.74, 6) is -0.735. The summed E-state index contributed by atoms with van der Waals surface area (Å²) >= 11 is 0. The van der Waals surface area contributed by atoms with Crippen LogP contribution in [0.5, 0.6) is 0 Å². The summed E-state index contributed by atoms with van der Waals surface area (Å²) in [5, 5.41) is 11.6. The van der Waals surface area contributed by atoms with Crippen molar-refractivity contribution in [2.75, 3.05) is 13.6 Å². The highest BCUT2D eigenvalue weighted by Gasteiger charge is 2.32. The zero-order valence-corrected chi connectivity index (χ0v) is 10.8. The Balaban J connectivity index is 2.34. The lowest BCUT2D eigenvalue weighted by Gasteiger charge is -2.25. The molecular formula is C12H22N2O3. The van der Waals surface area contributed by atoms with Crippen LogP contribution in [0.1, 0.15) is 33.1 Å². The zero-order chi connectivity index (χ0) is 13.0. The lowest BCUT2D eigenvalue weighted by molar-refractivity contribution is -0.141. The molecule has 2 N–H and O–H groups in total. The van der Waals surface area contributed by atoms with E-state index in [1.807, 2.05) is 13.8 Å². The molecule has 0 bridgehead atoms. The van der Waals surface area contributed by atoms with Crippen molar-refractivity contribution in [1.82, 2.24) is 10.2 Å². The van der Waals surface area contributed by atoms with E-state index < -0.39 is 11.9 Å². The van der Waals surface area contributed by atoms with E-state index in [1.165, 1.54) is 12.8 Å². The van der Waals surface area contributed by atoms with Crippen LogP contribution in [0.3, 0.4) is 0 Å². The molecule has 5 nitrogen and oxygen atoms in total. The van der Waals surface area contributed by atoms with Gasteiger partial charge >= 0.3 is 12.0 Å². The number of carbonyl (C=O) groups excluding carboxylic acids is 1. The molecule has 5 heteroatoms. The summed E-state index contributed by atoms with van der Waals surface area (Å²) in [7, 11) is 1.76. The molecule has 1 fully saturated rings. The summed E-state index contributed by atoms with van der Waals surface area (Å²) in [6.07, 6.45) is 2.90. The maximum atomic E-state index is 11.8. The topological polar surface area (TPSA) is 69.6 Å². The largest absolute Gasteiger partial charge is 0.481 e. The molecule has 17 heavy (non-hydrogen) atoms. The first-order valence-corrected chi connectivity index (χ1v) is 6.20. The van der Waals surface area contributed by atoms with Crippen molar-refractivity contribution in [1.29, 1.82) is 0 Å². The molecule has 2 atom stereocenters. The number of urea groups is 1. The van der Waals surface area contributed by atoms with Crippen LogP contribution in [0.15, 0.2) is 0 Å². The highest BCUT2D eigenvalue weighted by Crippen LogP contribution is 2.34. The molecule has 1 aliphatic carbocycles. The maximum absolute atomic E-state index is 11.8. The van der Waals surface area contributed by atoms with Crippen molar-refractivity contribution in [2.45, 2.75) is 39.2 Å². The molecule has 0 heterocycles. The SMILES string of the molecule is CCC(CNC(=O)N(C)C(C)C1CC1)C(=O)O. The number of hydrogen-bond donors (Lipinski definition) is 2. The van der Waals surface area contributed by atoms with Gasteiger partial charge in [-0.15, -0.1) is 0 Å². The van der Waals surface area contributed by atoms with E-state index in [-0.39, 0.29) is 18.6 Å². The van der Waals surface area contributed by atoms with Crippen molar-refractivity contribution < 1.29 is 14.7 Å². The molecule has 0 aliphatic heterocycles. The van der Waals surface area contributed by atoms with Crippen LogP contribution in [0.4, 0.5) is 4.79 Å². The fourth-order valence-corrected chi connectivity index (χ4v) is 1.82. The molecule has 1 aliphatic rings. The van der Waals surface area contributed by atoms with E-state index in [0.29, 0.717) is 12.3 Å². The Kier molecular flexibility index (Phi) is 4.78. The minimum Gasteiger partial charge on any atom is -0.481 e. The van der Waals surface area contributed by atoms with Gasteiger partial charge in [0, 0.05) is 19.6 Å². The van der Waals surface area contributed by atoms with Crippen LogP contribution in [-0.2, 0) is 4.79 Å². The van der Waals surface area contributed by atoms with Crippen molar-refractivity contribution in [3.8, 4) is 0 Å². The van der Waals surface area contributed by atoms with E-state index in [0.717, 1.165) is 0 Å². The number of amides is 2. The van der Waals surface area contributed by atoms with Gasteiger partial charge in [0.15, 0.2) is 0 Å². The average molecular weight is 242 g/mol. The third-order valence-corrected chi connectivity index (χ3v) is 3.58. The van der Waals surface area contributed by atoms with Crippen LogP contribution in [0.25, 0.3) is 0 Å². The van der Waals surface area contributed by atoms with Gasteiger partial charge in [-0.1, -0.05) is 6.92 Å². The predicted molar refractivity (Wildman–Crippen MR) is 64.8 cm³/mol. The molecule has 98 valence electrons. The first kappa shape index (κ1) is 13.8. The van der Waals surface area contributed by atoms with Crippen LogP contribution in [0, 0.1) is 11.8 Å². The Hall–Kier alpha value is -1.26. The van der Waals surface area contributed by atoms with Crippen LogP contribution >= 0.6 is 0 Å². The third-order valence-electron chi connectivity index (χ3n) is 3.58. The van der Waals surface area contributed by atoms with Crippen molar-refractivity contribution >= 4 is 12.0 Å². The second kappa shape index (κ2) is 5.89. The average Bonchev–Trinajstić information content (AvgIpc) is 3.11. The molecule has 0 aromatic heterocycles. The van der Waals surface area contributed by atoms with Gasteiger partial charge in [0.25, 0.3) is 0 Å². The van der Waals surface area contributed by atoms with E-state index in [9.17, 15) is 9.59 Å². The second-order valence-electron chi connectivity index (χ2n) is 4.82. The smallest absolute Gasteiger partial charge is 0.317 e. The molecule has 0 aromatic rings. The minimum atomic E-state index is -0.856. The van der Waals surface area contributed by atoms with E-state index >= 15 is 0 Å². The van der Waals surface area contributed by atoms with Crippen LogP contribution in [-0.4, -0.2) is 41.6 Å². The van der Waals surface area contributed by atoms with E-state index in [1.54, 1.807) is 11.9 Å². The summed E-state index contributed by atoms with van der Waals surface area (Å²) in [6, 6.07) is 0.0593. The maximum Gasteiger partial charge on any atom is 0.317 e. The van der Waals surface area contributed by atoms with Gasteiger partial charge in [0.05, 0.1) is 5.92 Å². The standard InChI is InChI=1S/C12H22N2O3/c1-4-9(11(15)16)7-13-12(17)14(3)8(2)10-5-6-10/h8-10H,4-7H2,1-3H3,(H,13,17)(H,15,16). The van der Waals surface area contributed by atoms with Crippen LogP contribution < -0.4 is 5.32 Å². The van der Waals surface area contributed by atoms with Crippen molar-refractivity contribution in [3.63, 3.8) is 0 Å². The Morgan fingerprint density at radius 2 is 2.06 bits per heavy atom. The minimum absolute atomic E-state index is 0.177. The number of rotatable bonds is 6. The number of carboxylic acid groups (broad SMARTS) is 1. The summed E-state index contributed by atoms with van der Waals surface area (Å²) in [5.41, 5.74) is 0. The number of carboxylic acids is 1. The van der Waals surface area contributed by atoms with E-state index in [2.05, 4.69) is 5.32 Å². The summed E-state index contributed by atoms with van der Waals surface area (Å²) in [6.45, 7) is 4.04. The van der Waals surface area contributed by atoms with Crippen molar-refractivity contribution in [3.05, 3.63) is 0 Å². The van der Waals surface area contributed by atoms with Gasteiger partial charge in [0.1, 0.15) is 0 Å². The van der Waals surface area contributed by atoms with E-state index in [4.69, 9.17) is 5.11 Å². The molecule has 0 saturated heterocycles. The Morgan fingerprint density at radius 3 is 2.47 bits per heavy atom. The Bertz CT molecular complexity index is 289. The summed E-state index contributed by atoms with van der Waals surface area (Å²) < 4.78 is 0. The Morgan fingerprint density at radius 1 is 1.47 bits per heavy atom. The molecule has 2 amide bonds. The fourth-order valence-electron chi connectivity index (χ4n) is 1.82. The zero-order valence-electron chi connectivity index (χ0n) is 10.8. The monoisotopic (exact) mass is 242 g/mol. The van der Waals surface area contributed by atoms with Gasteiger partial charge in [-0.3, -0.25) is 4.79 Å².